The Morgan fingerprint density at radius 1 is 1.44 bits per heavy atom. The fourth-order valence-electron chi connectivity index (χ4n) is 3.06. The molecular weight excluding hydrogens is 461 g/mol. The molecule has 0 bridgehead atoms. The number of nitrogens with zero attached hydrogens (tertiary/aromatic N) is 4. The van der Waals surface area contributed by atoms with E-state index in [4.69, 9.17) is 10.2 Å². The Bertz CT molecular complexity index is 812. The highest BCUT2D eigenvalue weighted by molar-refractivity contribution is 14.0. The first-order chi connectivity index (χ1) is 12.5. The Balaban J connectivity index is 0.00000261. The first-order valence-electron chi connectivity index (χ1n) is 8.75. The van der Waals surface area contributed by atoms with E-state index in [1.165, 1.54) is 0 Å². The quantitative estimate of drug-likeness (QED) is 0.333. The molecule has 2 aromatic heterocycles. The van der Waals surface area contributed by atoms with Gasteiger partial charge in [-0.2, -0.15) is 0 Å². The van der Waals surface area contributed by atoms with Crippen LogP contribution in [-0.2, 0) is 19.5 Å². The first-order valence-corrected chi connectivity index (χ1v) is 8.75. The Hall–Kier alpha value is -2.11. The maximum atomic E-state index is 11.1. The van der Waals surface area contributed by atoms with Gasteiger partial charge in [0.1, 0.15) is 17.4 Å². The van der Waals surface area contributed by atoms with Crippen LogP contribution >= 0.6 is 24.0 Å². The van der Waals surface area contributed by atoms with E-state index >= 15 is 0 Å². The molecule has 2 aromatic rings. The van der Waals surface area contributed by atoms with Crippen molar-refractivity contribution in [2.24, 2.45) is 10.7 Å². The van der Waals surface area contributed by atoms with E-state index in [9.17, 15) is 4.79 Å². The second kappa shape index (κ2) is 9.20. The summed E-state index contributed by atoms with van der Waals surface area (Å²) in [6.45, 7) is 5.47. The van der Waals surface area contributed by atoms with Gasteiger partial charge in [0.25, 0.3) is 5.91 Å². The number of furan rings is 1. The number of carbonyl (C=O) groups is 1. The molecule has 4 N–H and O–H groups in total. The lowest BCUT2D eigenvalue weighted by atomic mass is 10.1. The van der Waals surface area contributed by atoms with Crippen LogP contribution in [0.3, 0.4) is 0 Å². The Labute approximate surface area is 175 Å². The minimum Gasteiger partial charge on any atom is -0.454 e. The summed E-state index contributed by atoms with van der Waals surface area (Å²) in [5.74, 6) is 3.27. The third-order valence-electron chi connectivity index (χ3n) is 4.39. The number of rotatable bonds is 5. The van der Waals surface area contributed by atoms with Crippen LogP contribution in [0.2, 0.25) is 0 Å². The summed E-state index contributed by atoms with van der Waals surface area (Å²) in [7, 11) is 1.72. The van der Waals surface area contributed by atoms with Gasteiger partial charge in [-0.3, -0.25) is 9.79 Å². The zero-order valence-corrected chi connectivity index (χ0v) is 18.1. The molecule has 27 heavy (non-hydrogen) atoms. The van der Waals surface area contributed by atoms with Gasteiger partial charge in [-0.25, -0.2) is 0 Å². The number of hydrogen-bond donors (Lipinski definition) is 3. The van der Waals surface area contributed by atoms with Crippen molar-refractivity contribution in [1.82, 2.24) is 25.4 Å². The summed E-state index contributed by atoms with van der Waals surface area (Å²) < 4.78 is 7.57. The molecule has 1 amide bonds. The minimum atomic E-state index is -0.577. The number of primary amides is 1. The zero-order chi connectivity index (χ0) is 18.7. The van der Waals surface area contributed by atoms with Gasteiger partial charge >= 0.3 is 0 Å². The highest BCUT2D eigenvalue weighted by atomic mass is 127. The number of nitrogens with one attached hydrogen (secondary N) is 2. The van der Waals surface area contributed by atoms with Crippen LogP contribution in [0, 0.1) is 0 Å². The van der Waals surface area contributed by atoms with Crippen molar-refractivity contribution in [2.45, 2.75) is 51.7 Å². The molecule has 1 aliphatic rings. The molecule has 0 saturated carbocycles. The lowest BCUT2D eigenvalue weighted by Gasteiger charge is -2.27. The summed E-state index contributed by atoms with van der Waals surface area (Å²) in [6.07, 6.45) is 1.85. The van der Waals surface area contributed by atoms with E-state index < -0.39 is 5.91 Å². The third kappa shape index (κ3) is 4.99. The van der Waals surface area contributed by atoms with Crippen molar-refractivity contribution in [1.29, 1.82) is 0 Å². The summed E-state index contributed by atoms with van der Waals surface area (Å²) in [5.41, 5.74) is 5.19. The molecule has 3 heterocycles. The van der Waals surface area contributed by atoms with Gasteiger partial charge in [-0.05, 0) is 18.6 Å². The zero-order valence-electron chi connectivity index (χ0n) is 15.7. The lowest BCUT2D eigenvalue weighted by Crippen LogP contribution is -2.46. The summed E-state index contributed by atoms with van der Waals surface area (Å²) in [4.78, 5) is 15.3. The van der Waals surface area contributed by atoms with Crippen LogP contribution in [0.25, 0.3) is 0 Å². The van der Waals surface area contributed by atoms with Gasteiger partial charge in [-0.15, -0.1) is 34.2 Å². The summed E-state index contributed by atoms with van der Waals surface area (Å²) >= 11 is 0. The minimum absolute atomic E-state index is 0. The van der Waals surface area contributed by atoms with Gasteiger partial charge in [0.2, 0.25) is 0 Å². The van der Waals surface area contributed by atoms with Gasteiger partial charge in [0.05, 0.1) is 6.54 Å². The van der Waals surface area contributed by atoms with Crippen LogP contribution in [0.4, 0.5) is 0 Å². The van der Waals surface area contributed by atoms with Gasteiger partial charge in [-0.1, -0.05) is 13.8 Å². The van der Waals surface area contributed by atoms with Crippen LogP contribution in [0.1, 0.15) is 54.2 Å². The molecule has 10 heteroatoms. The van der Waals surface area contributed by atoms with E-state index in [-0.39, 0.29) is 35.8 Å². The number of amides is 1. The molecule has 1 unspecified atom stereocenters. The highest BCUT2D eigenvalue weighted by Gasteiger charge is 2.24. The maximum Gasteiger partial charge on any atom is 0.284 e. The van der Waals surface area contributed by atoms with Crippen LogP contribution in [0.5, 0.6) is 0 Å². The molecular formula is C17H26IN7O2. The average Bonchev–Trinajstić information content (AvgIpc) is 3.25. The van der Waals surface area contributed by atoms with Crippen molar-refractivity contribution in [2.75, 3.05) is 7.05 Å². The number of guanidine groups is 1. The standard InChI is InChI=1S/C17H25N7O2.HI/c1-10(2)16-23-22-14-7-4-11(9-24(14)16)21-17(19-3)20-8-12-5-6-13(26-12)15(18)25;/h5-6,10-11H,4,7-9H2,1-3H3,(H2,18,25)(H2,19,20,21);1H. The molecule has 0 saturated heterocycles. The summed E-state index contributed by atoms with van der Waals surface area (Å²) in [5, 5.41) is 15.2. The van der Waals surface area contributed by atoms with Crippen molar-refractivity contribution < 1.29 is 9.21 Å². The van der Waals surface area contributed by atoms with E-state index in [1.807, 2.05) is 0 Å². The van der Waals surface area contributed by atoms with Crippen LogP contribution in [0.15, 0.2) is 21.5 Å². The number of aromatic nitrogens is 3. The van der Waals surface area contributed by atoms with Gasteiger partial charge in [0.15, 0.2) is 11.7 Å². The molecule has 0 aromatic carbocycles. The lowest BCUT2D eigenvalue weighted by molar-refractivity contribution is 0.0972. The molecule has 3 rings (SSSR count). The topological polar surface area (TPSA) is 123 Å². The van der Waals surface area contributed by atoms with Crippen LogP contribution in [-0.4, -0.2) is 39.7 Å². The van der Waals surface area contributed by atoms with Crippen molar-refractivity contribution in [3.8, 4) is 0 Å². The van der Waals surface area contributed by atoms with Crippen molar-refractivity contribution in [3.05, 3.63) is 35.3 Å². The normalized spacial score (nSPS) is 16.6. The smallest absolute Gasteiger partial charge is 0.284 e. The number of fused-ring (bicyclic) bond motifs is 1. The van der Waals surface area contributed by atoms with Crippen molar-refractivity contribution >= 4 is 35.8 Å². The van der Waals surface area contributed by atoms with E-state index in [1.54, 1.807) is 19.2 Å². The second-order valence-electron chi connectivity index (χ2n) is 6.68. The number of carbonyl (C=O) groups excluding carboxylic acids is 1. The van der Waals surface area contributed by atoms with Crippen molar-refractivity contribution in [3.63, 3.8) is 0 Å². The number of nitrogens with two attached hydrogens (primary N) is 1. The SMILES string of the molecule is CN=C(NCc1ccc(C(N)=O)o1)NC1CCc2nnc(C(C)C)n2C1.I. The Morgan fingerprint density at radius 3 is 2.85 bits per heavy atom. The predicted molar refractivity (Wildman–Crippen MR) is 112 cm³/mol. The second-order valence-corrected chi connectivity index (χ2v) is 6.68. The molecule has 1 atom stereocenters. The molecule has 0 fully saturated rings. The van der Waals surface area contributed by atoms with Crippen LogP contribution < -0.4 is 16.4 Å². The fraction of sp³-hybridized carbons (Fsp3) is 0.529. The van der Waals surface area contributed by atoms with E-state index in [0.717, 1.165) is 31.0 Å². The maximum absolute atomic E-state index is 11.1. The molecule has 1 aliphatic heterocycles. The Morgan fingerprint density at radius 2 is 2.22 bits per heavy atom. The monoisotopic (exact) mass is 487 g/mol. The number of halogens is 1. The molecule has 0 radical (unpaired) electrons. The number of aliphatic imine (C=N–C) groups is 1. The van der Waals surface area contributed by atoms with Gasteiger partial charge in [0, 0.05) is 32.0 Å². The summed E-state index contributed by atoms with van der Waals surface area (Å²) in [6, 6.07) is 3.52. The molecule has 0 spiro atoms. The number of hydrogen-bond acceptors (Lipinski definition) is 5. The number of aryl methyl sites for hydroxylation is 1. The van der Waals surface area contributed by atoms with E-state index in [0.29, 0.717) is 24.2 Å². The highest BCUT2D eigenvalue weighted by Crippen LogP contribution is 2.20. The first kappa shape index (κ1) is 21.2. The predicted octanol–water partition coefficient (Wildman–Crippen LogP) is 1.39. The largest absolute Gasteiger partial charge is 0.454 e. The molecule has 0 aliphatic carbocycles. The third-order valence-corrected chi connectivity index (χ3v) is 4.39. The van der Waals surface area contributed by atoms with Gasteiger partial charge < -0.3 is 25.4 Å². The molecule has 148 valence electrons. The van der Waals surface area contributed by atoms with E-state index in [2.05, 4.69) is 44.2 Å². The fourth-order valence-corrected chi connectivity index (χ4v) is 3.06. The Kier molecular flexibility index (Phi) is 7.22. The average molecular weight is 487 g/mol. The molecule has 9 nitrogen and oxygen atoms in total.